The van der Waals surface area contributed by atoms with Crippen molar-refractivity contribution in [1.29, 1.82) is 0 Å². The van der Waals surface area contributed by atoms with Crippen molar-refractivity contribution in [2.75, 3.05) is 7.11 Å². The summed E-state index contributed by atoms with van der Waals surface area (Å²) in [5.41, 5.74) is 6.04. The summed E-state index contributed by atoms with van der Waals surface area (Å²) in [5, 5.41) is 50.0. The van der Waals surface area contributed by atoms with Gasteiger partial charge >= 0.3 is 0 Å². The van der Waals surface area contributed by atoms with Gasteiger partial charge in [-0.1, -0.05) is 30.3 Å². The Labute approximate surface area is 269 Å². The van der Waals surface area contributed by atoms with Crippen molar-refractivity contribution < 1.29 is 49.0 Å². The van der Waals surface area contributed by atoms with Crippen molar-refractivity contribution in [3.05, 3.63) is 87.5 Å². The molecule has 0 spiro atoms. The van der Waals surface area contributed by atoms with Crippen LogP contribution in [0, 0.1) is 0 Å². The highest BCUT2D eigenvalue weighted by Gasteiger charge is 2.49. The molecule has 6 rings (SSSR count). The van der Waals surface area contributed by atoms with E-state index in [0.29, 0.717) is 5.56 Å². The third-order valence-corrected chi connectivity index (χ3v) is 9.18. The lowest BCUT2D eigenvalue weighted by atomic mass is 9.71. The number of amides is 1. The van der Waals surface area contributed by atoms with E-state index in [9.17, 15) is 34.8 Å². The van der Waals surface area contributed by atoms with Gasteiger partial charge < -0.3 is 40.4 Å². The molecule has 0 aromatic heterocycles. The molecule has 1 aliphatic heterocycles. The zero-order valence-corrected chi connectivity index (χ0v) is 25.9. The number of nitrogens with one attached hydrogen (secondary N) is 1. The van der Waals surface area contributed by atoms with E-state index >= 15 is 0 Å². The van der Waals surface area contributed by atoms with Crippen LogP contribution >= 0.6 is 0 Å². The smallest absolute Gasteiger partial charge is 0.271 e. The predicted molar refractivity (Wildman–Crippen MR) is 167 cm³/mol. The lowest BCUT2D eigenvalue weighted by Crippen LogP contribution is -2.52. The van der Waals surface area contributed by atoms with Crippen LogP contribution in [0.1, 0.15) is 86.1 Å². The van der Waals surface area contributed by atoms with Crippen molar-refractivity contribution in [3.63, 3.8) is 0 Å². The number of carbonyl (C=O) groups is 3. The molecule has 1 saturated heterocycles. The fraction of sp³-hybridized carbons (Fsp3) is 0.353. The topological polar surface area (TPSA) is 210 Å². The first-order valence-electron chi connectivity index (χ1n) is 15.1. The monoisotopic (exact) mass is 645 g/mol. The van der Waals surface area contributed by atoms with Gasteiger partial charge in [0.2, 0.25) is 5.78 Å². The Morgan fingerprint density at radius 2 is 1.74 bits per heavy atom. The zero-order valence-electron chi connectivity index (χ0n) is 25.9. The number of ether oxygens (including phenoxy) is 3. The Balaban J connectivity index is 1.46. The van der Waals surface area contributed by atoms with Gasteiger partial charge in [0.15, 0.2) is 12.1 Å². The van der Waals surface area contributed by atoms with Crippen LogP contribution in [0.3, 0.4) is 0 Å². The van der Waals surface area contributed by atoms with Gasteiger partial charge in [-0.15, -0.1) is 0 Å². The van der Waals surface area contributed by atoms with Crippen LogP contribution in [0.4, 0.5) is 0 Å². The summed E-state index contributed by atoms with van der Waals surface area (Å²) in [4.78, 5) is 40.4. The number of hydrazone groups is 1. The average molecular weight is 646 g/mol. The normalized spacial score (nSPS) is 27.0. The number of aliphatic hydroxyl groups is 2. The van der Waals surface area contributed by atoms with E-state index < -0.39 is 76.3 Å². The van der Waals surface area contributed by atoms with Crippen LogP contribution in [-0.4, -0.2) is 80.9 Å². The minimum atomic E-state index is -1.88. The number of fused-ring (bicyclic) bond motifs is 3. The number of rotatable bonds is 6. The highest BCUT2D eigenvalue weighted by atomic mass is 16.7. The standard InChI is InChI=1S/C34H35N3O10/c1-15-28(38)20(35)12-23(46-15)47-22-14-34(44,16(2)36-37-33(43)17-8-5-4-6-9-17)13-19-25(22)32(42)27-26(30(19)40)29(39)18-10-7-11-21(45-3)24(18)31(27)41/h4-11,15,20,22-23,28,38,40,42,44H,12-14,35H2,1-3H3,(H,37,43)/b36-16+. The zero-order chi connectivity index (χ0) is 33.8. The summed E-state index contributed by atoms with van der Waals surface area (Å²) in [5.74, 6) is -3.08. The number of phenols is 2. The van der Waals surface area contributed by atoms with E-state index in [0.717, 1.165) is 0 Å². The van der Waals surface area contributed by atoms with Crippen molar-refractivity contribution in [2.45, 2.75) is 69.4 Å². The number of benzene rings is 3. The molecule has 13 heteroatoms. The van der Waals surface area contributed by atoms with Gasteiger partial charge in [0.1, 0.15) is 22.8 Å². The lowest BCUT2D eigenvalue weighted by Gasteiger charge is -2.42. The van der Waals surface area contributed by atoms with Crippen LogP contribution in [0.5, 0.6) is 17.2 Å². The highest BCUT2D eigenvalue weighted by Crippen LogP contribution is 2.52. The molecule has 246 valence electrons. The maximum absolute atomic E-state index is 13.9. The number of carbonyl (C=O) groups excluding carboxylic acids is 3. The van der Waals surface area contributed by atoms with Crippen LogP contribution in [0.15, 0.2) is 53.6 Å². The van der Waals surface area contributed by atoms with Crippen molar-refractivity contribution >= 4 is 23.2 Å². The van der Waals surface area contributed by atoms with Crippen LogP contribution in [-0.2, 0) is 15.9 Å². The maximum atomic E-state index is 13.9. The summed E-state index contributed by atoms with van der Waals surface area (Å²) in [6.07, 6.45) is -4.51. The van der Waals surface area contributed by atoms with Gasteiger partial charge in [-0.2, -0.15) is 5.10 Å². The number of hydrogen-bond acceptors (Lipinski definition) is 12. The second-order valence-electron chi connectivity index (χ2n) is 12.1. The van der Waals surface area contributed by atoms with Crippen LogP contribution in [0.2, 0.25) is 0 Å². The molecular formula is C34H35N3O10. The largest absolute Gasteiger partial charge is 0.507 e. The summed E-state index contributed by atoms with van der Waals surface area (Å²) >= 11 is 0. The van der Waals surface area contributed by atoms with Gasteiger partial charge in [-0.3, -0.25) is 14.4 Å². The molecule has 7 N–H and O–H groups in total. The Morgan fingerprint density at radius 1 is 1.04 bits per heavy atom. The van der Waals surface area contributed by atoms with Gasteiger partial charge in [0.25, 0.3) is 5.91 Å². The molecule has 6 unspecified atom stereocenters. The molecule has 0 bridgehead atoms. The Hall–Kier alpha value is -4.66. The highest BCUT2D eigenvalue weighted by molar-refractivity contribution is 6.31. The fourth-order valence-electron chi connectivity index (χ4n) is 6.56. The molecule has 1 amide bonds. The van der Waals surface area contributed by atoms with Crippen LogP contribution < -0.4 is 15.9 Å². The number of ketones is 2. The van der Waals surface area contributed by atoms with Crippen LogP contribution in [0.25, 0.3) is 0 Å². The second kappa shape index (κ2) is 12.2. The van der Waals surface area contributed by atoms with Gasteiger partial charge in [0.05, 0.1) is 47.8 Å². The molecule has 1 heterocycles. The van der Waals surface area contributed by atoms with E-state index in [1.165, 1.54) is 32.2 Å². The van der Waals surface area contributed by atoms with Crippen molar-refractivity contribution in [2.24, 2.45) is 10.8 Å². The Morgan fingerprint density at radius 3 is 2.43 bits per heavy atom. The Kier molecular flexibility index (Phi) is 8.36. The quantitative estimate of drug-likeness (QED) is 0.102. The maximum Gasteiger partial charge on any atom is 0.271 e. The van der Waals surface area contributed by atoms with Gasteiger partial charge in [-0.25, -0.2) is 5.43 Å². The van der Waals surface area contributed by atoms with E-state index in [-0.39, 0.29) is 53.0 Å². The molecule has 0 saturated carbocycles. The molecule has 6 atom stereocenters. The molecular weight excluding hydrogens is 610 g/mol. The van der Waals surface area contributed by atoms with E-state index in [1.54, 1.807) is 37.3 Å². The van der Waals surface area contributed by atoms with Crippen molar-refractivity contribution in [3.8, 4) is 17.2 Å². The summed E-state index contributed by atoms with van der Waals surface area (Å²) in [6.45, 7) is 3.09. The third kappa shape index (κ3) is 5.45. The molecule has 13 nitrogen and oxygen atoms in total. The minimum absolute atomic E-state index is 0.0196. The van der Waals surface area contributed by atoms with E-state index in [1.807, 2.05) is 0 Å². The van der Waals surface area contributed by atoms with E-state index in [2.05, 4.69) is 10.5 Å². The third-order valence-electron chi connectivity index (χ3n) is 9.18. The van der Waals surface area contributed by atoms with Gasteiger partial charge in [-0.05, 0) is 32.0 Å². The number of aromatic hydroxyl groups is 2. The number of hydrogen-bond donors (Lipinski definition) is 6. The predicted octanol–water partition coefficient (Wildman–Crippen LogP) is 2.25. The summed E-state index contributed by atoms with van der Waals surface area (Å²) in [6, 6.07) is 12.1. The molecule has 2 aliphatic carbocycles. The van der Waals surface area contributed by atoms with Crippen molar-refractivity contribution in [1.82, 2.24) is 5.43 Å². The lowest BCUT2D eigenvalue weighted by molar-refractivity contribution is -0.245. The Bertz CT molecular complexity index is 1800. The molecule has 1 fully saturated rings. The molecule has 47 heavy (non-hydrogen) atoms. The summed E-state index contributed by atoms with van der Waals surface area (Å²) < 4.78 is 17.5. The number of methoxy groups -OCH3 is 1. The number of nitrogens with two attached hydrogens (primary N) is 1. The average Bonchev–Trinajstić information content (AvgIpc) is 3.06. The number of aliphatic hydroxyl groups excluding tert-OH is 1. The minimum Gasteiger partial charge on any atom is -0.507 e. The van der Waals surface area contributed by atoms with E-state index in [4.69, 9.17) is 19.9 Å². The second-order valence-corrected chi connectivity index (χ2v) is 12.1. The summed E-state index contributed by atoms with van der Waals surface area (Å²) in [7, 11) is 1.34. The first-order chi connectivity index (χ1) is 22.4. The number of nitrogens with zero attached hydrogens (tertiary/aromatic N) is 1. The number of phenolic OH excluding ortho intramolecular Hbond substituents is 2. The fourth-order valence-corrected chi connectivity index (χ4v) is 6.56. The molecule has 3 aromatic rings. The SMILES string of the molecule is COc1cccc2c1C(=O)c1c(O)c3c(c(O)c1C2=O)CC(O)(/C(C)=N/NC(=O)c1ccccc1)CC3OC1CC(N)C(O)C(C)O1. The first-order valence-corrected chi connectivity index (χ1v) is 15.1. The molecule has 0 radical (unpaired) electrons. The first kappa shape index (κ1) is 32.3. The molecule has 3 aliphatic rings. The molecule has 3 aromatic carbocycles. The van der Waals surface area contributed by atoms with Gasteiger partial charge in [0, 0.05) is 47.6 Å².